The summed E-state index contributed by atoms with van der Waals surface area (Å²) in [5.41, 5.74) is 0. The van der Waals surface area contributed by atoms with Gasteiger partial charge in [-0.2, -0.15) is 26.0 Å². The molecule has 21 heavy (non-hydrogen) atoms. The van der Waals surface area contributed by atoms with E-state index >= 15 is 0 Å². The van der Waals surface area contributed by atoms with Gasteiger partial charge in [0.1, 0.15) is 0 Å². The Morgan fingerprint density at radius 1 is 0.905 bits per heavy atom. The maximum absolute atomic E-state index is 12.6. The second-order valence-electron chi connectivity index (χ2n) is 3.09. The van der Waals surface area contributed by atoms with Crippen molar-refractivity contribution in [2.75, 3.05) is 12.9 Å². The van der Waals surface area contributed by atoms with Crippen molar-refractivity contribution < 1.29 is 55.0 Å². The quantitative estimate of drug-likeness (QED) is 0.528. The zero-order chi connectivity index (χ0) is 17.9. The third-order valence-electron chi connectivity index (χ3n) is 1.19. The van der Waals surface area contributed by atoms with E-state index in [0.717, 1.165) is 0 Å². The largest absolute Gasteiger partial charge is 0.476 e. The molecule has 1 N–H and O–H groups in total. The molecule has 0 aliphatic rings. The van der Waals surface area contributed by atoms with Crippen molar-refractivity contribution in [2.24, 2.45) is 0 Å². The fourth-order valence-corrected chi connectivity index (χ4v) is 2.99. The molecular formula is C4H6F7NO6S3. The monoisotopic (exact) mass is 393 g/mol. The minimum absolute atomic E-state index is 0.161. The van der Waals surface area contributed by atoms with E-state index in [4.69, 9.17) is 8.42 Å². The van der Waals surface area contributed by atoms with Gasteiger partial charge < -0.3 is 0 Å². The summed E-state index contributed by atoms with van der Waals surface area (Å²) in [6.45, 7) is -2.95. The Labute approximate surface area is 114 Å². The van der Waals surface area contributed by atoms with Crippen molar-refractivity contribution >= 4 is 30.7 Å². The summed E-state index contributed by atoms with van der Waals surface area (Å²) in [7, 11) is -16.6. The number of rotatable bonds is 5. The van der Waals surface area contributed by atoms with E-state index in [1.807, 2.05) is 0 Å². The maximum Gasteiger partial charge on any atom is 0.476 e. The van der Waals surface area contributed by atoms with Crippen LogP contribution in [0.1, 0.15) is 0 Å². The fraction of sp³-hybridized carbons (Fsp3) is 1.00. The SMILES string of the molecule is CS(=O)(=O)NS(=O)(=O)C(F)(F)C(F)(F)CF.O=S(=O)(F)F. The van der Waals surface area contributed by atoms with Gasteiger partial charge in [-0.3, -0.25) is 0 Å². The summed E-state index contributed by atoms with van der Waals surface area (Å²) in [5.74, 6) is -5.52. The molecule has 0 aliphatic heterocycles. The van der Waals surface area contributed by atoms with Crippen molar-refractivity contribution in [3.05, 3.63) is 0 Å². The summed E-state index contributed by atoms with van der Waals surface area (Å²) in [4.78, 5) is 0. The lowest BCUT2D eigenvalue weighted by Crippen LogP contribution is -2.54. The van der Waals surface area contributed by atoms with Crippen LogP contribution in [0.5, 0.6) is 0 Å². The minimum Gasteiger partial charge on any atom is -0.244 e. The molecule has 0 bridgehead atoms. The van der Waals surface area contributed by atoms with E-state index < -0.39 is 48.5 Å². The molecule has 0 aromatic rings. The van der Waals surface area contributed by atoms with E-state index in [0.29, 0.717) is 4.13 Å². The van der Waals surface area contributed by atoms with Crippen LogP contribution in [0, 0.1) is 0 Å². The number of sulfonamides is 2. The molecule has 0 unspecified atom stereocenters. The van der Waals surface area contributed by atoms with Gasteiger partial charge in [0.25, 0.3) is 10.0 Å². The molecule has 0 aromatic carbocycles. The molecule has 0 heterocycles. The van der Waals surface area contributed by atoms with Gasteiger partial charge in [0, 0.05) is 0 Å². The van der Waals surface area contributed by atoms with Gasteiger partial charge in [-0.05, 0) is 0 Å². The zero-order valence-corrected chi connectivity index (χ0v) is 12.0. The van der Waals surface area contributed by atoms with Crippen LogP contribution in [-0.4, -0.2) is 49.4 Å². The zero-order valence-electron chi connectivity index (χ0n) is 9.53. The topological polar surface area (TPSA) is 114 Å². The third-order valence-corrected chi connectivity index (χ3v) is 4.25. The minimum atomic E-state index is -6.25. The molecule has 0 aromatic heterocycles. The molecular weight excluding hydrogens is 387 g/mol. The van der Waals surface area contributed by atoms with E-state index in [2.05, 4.69) is 0 Å². The summed E-state index contributed by atoms with van der Waals surface area (Å²) in [6.07, 6.45) is 0.161. The van der Waals surface area contributed by atoms with Gasteiger partial charge in [-0.15, -0.1) is 4.13 Å². The van der Waals surface area contributed by atoms with E-state index in [-0.39, 0.29) is 6.26 Å². The van der Waals surface area contributed by atoms with E-state index in [9.17, 15) is 46.6 Å². The van der Waals surface area contributed by atoms with Crippen LogP contribution >= 0.6 is 0 Å². The van der Waals surface area contributed by atoms with Crippen molar-refractivity contribution in [3.63, 3.8) is 0 Å². The lowest BCUT2D eigenvalue weighted by Gasteiger charge is -2.23. The molecule has 0 amide bonds. The smallest absolute Gasteiger partial charge is 0.244 e. The first-order chi connectivity index (χ1) is 8.77. The van der Waals surface area contributed by atoms with Gasteiger partial charge in [0.15, 0.2) is 6.67 Å². The summed E-state index contributed by atoms with van der Waals surface area (Å²) >= 11 is 0. The highest BCUT2D eigenvalue weighted by atomic mass is 32.3. The molecule has 0 atom stereocenters. The number of nitrogens with one attached hydrogen (secondary N) is 1. The number of hydrogen-bond acceptors (Lipinski definition) is 6. The Morgan fingerprint density at radius 3 is 1.38 bits per heavy atom. The average molecular weight is 393 g/mol. The highest BCUT2D eigenvalue weighted by molar-refractivity contribution is 8.04. The standard InChI is InChI=1S/C4H6F5NO4S2.F2O2S/c1-15(11,12)10-16(13,14)4(8,9)3(6,7)2-5;1-5(2,3)4/h10H,2H2,1H3;. The second-order valence-corrected chi connectivity index (χ2v) is 7.58. The summed E-state index contributed by atoms with van der Waals surface area (Å²) < 4.78 is 140. The second kappa shape index (κ2) is 6.61. The van der Waals surface area contributed by atoms with Crippen molar-refractivity contribution in [1.82, 2.24) is 4.13 Å². The molecule has 0 aliphatic carbocycles. The van der Waals surface area contributed by atoms with Crippen LogP contribution in [0.4, 0.5) is 29.7 Å². The van der Waals surface area contributed by atoms with Gasteiger partial charge in [-0.1, -0.05) is 7.77 Å². The molecule has 0 saturated carbocycles. The van der Waals surface area contributed by atoms with Crippen LogP contribution in [0.15, 0.2) is 0 Å². The van der Waals surface area contributed by atoms with Crippen molar-refractivity contribution in [2.45, 2.75) is 11.2 Å². The molecule has 0 spiro atoms. The molecule has 0 saturated heterocycles. The van der Waals surface area contributed by atoms with Gasteiger partial charge >= 0.3 is 21.8 Å². The predicted molar refractivity (Wildman–Crippen MR) is 53.9 cm³/mol. The van der Waals surface area contributed by atoms with Crippen molar-refractivity contribution in [1.29, 1.82) is 0 Å². The Hall–Kier alpha value is -0.680. The molecule has 0 rings (SSSR count). The van der Waals surface area contributed by atoms with E-state index in [1.54, 1.807) is 0 Å². The normalized spacial score (nSPS) is 14.3. The Morgan fingerprint density at radius 2 is 1.19 bits per heavy atom. The van der Waals surface area contributed by atoms with Crippen LogP contribution in [0.2, 0.25) is 0 Å². The van der Waals surface area contributed by atoms with Gasteiger partial charge in [0.05, 0.1) is 6.26 Å². The molecule has 130 valence electrons. The Bertz CT molecular complexity index is 644. The highest BCUT2D eigenvalue weighted by Gasteiger charge is 2.66. The Balaban J connectivity index is 0. The molecule has 7 nitrogen and oxygen atoms in total. The lowest BCUT2D eigenvalue weighted by molar-refractivity contribution is -0.166. The number of halogens is 7. The fourth-order valence-electron chi connectivity index (χ4n) is 0.526. The average Bonchev–Trinajstić information content (AvgIpc) is 2.10. The first-order valence-electron chi connectivity index (χ1n) is 3.96. The molecule has 0 radical (unpaired) electrons. The molecule has 17 heteroatoms. The predicted octanol–water partition coefficient (Wildman–Crippen LogP) is 0.233. The van der Waals surface area contributed by atoms with Crippen LogP contribution in [-0.2, 0) is 30.7 Å². The summed E-state index contributed by atoms with van der Waals surface area (Å²) in [6, 6.07) is 0. The first-order valence-corrected chi connectivity index (χ1v) is 8.61. The lowest BCUT2D eigenvalue weighted by atomic mass is 10.4. The van der Waals surface area contributed by atoms with Crippen LogP contribution in [0.3, 0.4) is 0 Å². The number of alkyl halides is 5. The maximum atomic E-state index is 12.6. The Kier molecular flexibility index (Phi) is 7.11. The van der Waals surface area contributed by atoms with Gasteiger partial charge in [-0.25, -0.2) is 21.2 Å². The van der Waals surface area contributed by atoms with Gasteiger partial charge in [0.2, 0.25) is 10.0 Å². The van der Waals surface area contributed by atoms with Crippen LogP contribution in [0.25, 0.3) is 0 Å². The van der Waals surface area contributed by atoms with Crippen molar-refractivity contribution in [3.8, 4) is 0 Å². The van der Waals surface area contributed by atoms with Crippen LogP contribution < -0.4 is 4.13 Å². The third kappa shape index (κ3) is 8.37. The highest BCUT2D eigenvalue weighted by Crippen LogP contribution is 2.38. The van der Waals surface area contributed by atoms with E-state index in [1.165, 1.54) is 0 Å². The number of hydrogen-bond donors (Lipinski definition) is 1. The summed E-state index contributed by atoms with van der Waals surface area (Å²) in [5, 5.41) is -5.88. The molecule has 0 fully saturated rings. The first kappa shape index (κ1) is 22.6.